The van der Waals surface area contributed by atoms with Crippen molar-refractivity contribution in [3.8, 4) is 0 Å². The number of para-hydroxylation sites is 2. The Balaban J connectivity index is 0.000000158. The summed E-state index contributed by atoms with van der Waals surface area (Å²) in [6.45, 7) is 12.8. The quantitative estimate of drug-likeness (QED) is 0.350. The smallest absolute Gasteiger partial charge is 0.378 e. The number of piperazine rings is 2. The molecule has 0 radical (unpaired) electrons. The van der Waals surface area contributed by atoms with E-state index in [0.29, 0.717) is 83.0 Å². The van der Waals surface area contributed by atoms with E-state index in [1.807, 2.05) is 17.0 Å². The number of imide groups is 3. The van der Waals surface area contributed by atoms with Crippen LogP contribution in [-0.4, -0.2) is 183 Å². The van der Waals surface area contributed by atoms with Crippen molar-refractivity contribution in [1.82, 2.24) is 35.2 Å². The molecule has 0 aliphatic carbocycles. The summed E-state index contributed by atoms with van der Waals surface area (Å²) in [6.07, 6.45) is -2.29. The highest BCUT2D eigenvalue weighted by Crippen LogP contribution is 2.29. The van der Waals surface area contributed by atoms with Crippen molar-refractivity contribution in [2.24, 2.45) is 0 Å². The maximum absolute atomic E-state index is 14.6. The third-order valence-electron chi connectivity index (χ3n) is 11.9. The van der Waals surface area contributed by atoms with Crippen LogP contribution < -0.4 is 15.1 Å². The van der Waals surface area contributed by atoms with Gasteiger partial charge in [-0.3, -0.25) is 48.2 Å². The molecule has 22 nitrogen and oxygen atoms in total. The molecule has 2 aromatic rings. The Morgan fingerprint density at radius 2 is 0.868 bits per heavy atom. The highest BCUT2D eigenvalue weighted by Gasteiger charge is 2.38. The fourth-order valence-corrected chi connectivity index (χ4v) is 8.37. The van der Waals surface area contributed by atoms with Crippen LogP contribution >= 0.6 is 0 Å². The van der Waals surface area contributed by atoms with Gasteiger partial charge in [0.05, 0.1) is 37.8 Å². The van der Waals surface area contributed by atoms with Gasteiger partial charge in [0.15, 0.2) is 0 Å². The third kappa shape index (κ3) is 12.8. The lowest BCUT2D eigenvalue weighted by Crippen LogP contribution is -2.50. The van der Waals surface area contributed by atoms with Gasteiger partial charge in [0, 0.05) is 130 Å². The van der Waals surface area contributed by atoms with Crippen molar-refractivity contribution >= 4 is 59.1 Å². The summed E-state index contributed by atoms with van der Waals surface area (Å²) in [5, 5.41) is 4.43. The molecule has 0 unspecified atom stereocenters. The van der Waals surface area contributed by atoms with Crippen LogP contribution in [0.1, 0.15) is 49.7 Å². The van der Waals surface area contributed by atoms with Crippen LogP contribution in [0.4, 0.5) is 29.7 Å². The monoisotopic (exact) mass is 955 g/mol. The molecule has 9 rings (SSSR count). The molecule has 24 heteroatoms. The molecular formula is C44H55F2N9O13. The number of carbonyl (C=O) groups excluding carboxylic acids is 8. The molecule has 368 valence electrons. The Morgan fingerprint density at radius 1 is 0.500 bits per heavy atom. The second-order valence-corrected chi connectivity index (χ2v) is 16.5. The fraction of sp³-hybridized carbons (Fsp3) is 0.545. The minimum absolute atomic E-state index is 0.0618. The highest BCUT2D eigenvalue weighted by atomic mass is 19.1. The molecule has 0 bridgehead atoms. The average molecular weight is 956 g/mol. The number of amides is 7. The van der Waals surface area contributed by atoms with Crippen LogP contribution in [0.5, 0.6) is 0 Å². The number of hydrogen-bond acceptors (Lipinski definition) is 18. The Hall–Kier alpha value is -6.34. The second kappa shape index (κ2) is 23.6. The van der Waals surface area contributed by atoms with E-state index in [1.165, 1.54) is 11.0 Å². The summed E-state index contributed by atoms with van der Waals surface area (Å²) in [4.78, 5) is 115. The van der Waals surface area contributed by atoms with Crippen LogP contribution in [0.15, 0.2) is 36.4 Å². The largest absolute Gasteiger partial charge is 0.560 e. The molecular weight excluding hydrogens is 901 g/mol. The summed E-state index contributed by atoms with van der Waals surface area (Å²) in [5.74, 6) is -4.07. The van der Waals surface area contributed by atoms with Crippen molar-refractivity contribution in [3.05, 3.63) is 59.2 Å². The summed E-state index contributed by atoms with van der Waals surface area (Å²) >= 11 is 0. The molecule has 7 saturated heterocycles. The first-order valence-corrected chi connectivity index (χ1v) is 22.7. The number of benzene rings is 2. The van der Waals surface area contributed by atoms with Gasteiger partial charge in [-0.2, -0.15) is 4.79 Å². The molecule has 68 heavy (non-hydrogen) atoms. The number of rotatable bonds is 9. The van der Waals surface area contributed by atoms with Gasteiger partial charge in [-0.15, -0.1) is 5.06 Å². The standard InChI is InChI=1S/C20H25FN4O5.C15H22FN3O.C9H8N2O7/c21-16-3-1-2-15(19(16)23-10-12-29-13-11-23)14-22-6-8-24(9-7-22)20(28)30-25-17(26)4-5-18(25)27;16-14-3-1-2-13(12-18-6-4-17-5-7-18)15(14)19-8-10-20-11-9-19;12-5-1-2-6(13)10(5)17-9(16)18-11-7(14)3-4-8(11)15/h1-3H,4-14H2;1-3,17H,4-12H2;1-4H2. The molecule has 0 aromatic heterocycles. The number of hydrogen-bond donors (Lipinski definition) is 1. The van der Waals surface area contributed by atoms with Gasteiger partial charge in [-0.25, -0.2) is 13.6 Å². The zero-order valence-corrected chi connectivity index (χ0v) is 37.6. The molecule has 0 saturated carbocycles. The summed E-state index contributed by atoms with van der Waals surface area (Å²) < 4.78 is 39.6. The predicted molar refractivity (Wildman–Crippen MR) is 231 cm³/mol. The number of halogens is 2. The first-order valence-electron chi connectivity index (χ1n) is 22.7. The molecule has 7 fully saturated rings. The van der Waals surface area contributed by atoms with E-state index in [0.717, 1.165) is 62.6 Å². The first kappa shape index (κ1) is 49.6. The lowest BCUT2D eigenvalue weighted by molar-refractivity contribution is -0.198. The SMILES string of the molecule is Fc1cccc(CN2CCNCC2)c1N1CCOCC1.O=C(ON1C(=O)CCC1=O)N1CCN(Cc2cccc(F)c2N2CCOCC2)CC1.O=C(ON1C(=O)CCC1=O)ON1C(=O)CCC1=O. The number of anilines is 2. The van der Waals surface area contributed by atoms with Gasteiger partial charge in [0.2, 0.25) is 0 Å². The Labute approximate surface area is 390 Å². The number of hydroxylamine groups is 6. The molecule has 7 amide bonds. The van der Waals surface area contributed by atoms with Crippen molar-refractivity contribution in [2.75, 3.05) is 115 Å². The van der Waals surface area contributed by atoms with Gasteiger partial charge in [-0.1, -0.05) is 34.4 Å². The van der Waals surface area contributed by atoms with E-state index in [9.17, 15) is 47.1 Å². The molecule has 0 atom stereocenters. The van der Waals surface area contributed by atoms with Crippen LogP contribution in [0.2, 0.25) is 0 Å². The molecule has 0 spiro atoms. The molecule has 1 N–H and O–H groups in total. The third-order valence-corrected chi connectivity index (χ3v) is 11.9. The zero-order chi connectivity index (χ0) is 48.2. The maximum atomic E-state index is 14.6. The summed E-state index contributed by atoms with van der Waals surface area (Å²) in [6, 6.07) is 10.5. The Bertz CT molecular complexity index is 2110. The van der Waals surface area contributed by atoms with Gasteiger partial charge in [0.25, 0.3) is 35.4 Å². The first-order chi connectivity index (χ1) is 32.9. The van der Waals surface area contributed by atoms with Crippen LogP contribution in [-0.2, 0) is 65.8 Å². The number of morpholine rings is 2. The Kier molecular flexibility index (Phi) is 17.2. The molecule has 2 aromatic carbocycles. The number of carbonyl (C=O) groups is 8. The van der Waals surface area contributed by atoms with E-state index < -0.39 is 47.7 Å². The number of nitrogens with one attached hydrogen (secondary N) is 1. The van der Waals surface area contributed by atoms with Gasteiger partial charge in [-0.05, 0) is 23.3 Å². The van der Waals surface area contributed by atoms with Crippen molar-refractivity contribution in [1.29, 1.82) is 0 Å². The van der Waals surface area contributed by atoms with Gasteiger partial charge in [0.1, 0.15) is 11.6 Å². The van der Waals surface area contributed by atoms with Crippen LogP contribution in [0, 0.1) is 11.6 Å². The molecule has 7 aliphatic heterocycles. The lowest BCUT2D eigenvalue weighted by Gasteiger charge is -2.36. The zero-order valence-electron chi connectivity index (χ0n) is 37.6. The van der Waals surface area contributed by atoms with E-state index in [4.69, 9.17) is 14.3 Å². The summed E-state index contributed by atoms with van der Waals surface area (Å²) in [5.41, 5.74) is 3.39. The minimum atomic E-state index is -1.48. The normalized spacial score (nSPS) is 20.6. The highest BCUT2D eigenvalue weighted by molar-refractivity contribution is 6.03. The second-order valence-electron chi connectivity index (χ2n) is 16.5. The molecule has 7 aliphatic rings. The average Bonchev–Trinajstić information content (AvgIpc) is 3.96. The van der Waals surface area contributed by atoms with E-state index in [1.54, 1.807) is 12.1 Å². The fourth-order valence-electron chi connectivity index (χ4n) is 8.37. The lowest BCUT2D eigenvalue weighted by atomic mass is 10.1. The number of nitrogens with zero attached hydrogens (tertiary/aromatic N) is 8. The van der Waals surface area contributed by atoms with Gasteiger partial charge >= 0.3 is 12.2 Å². The number of ether oxygens (including phenoxy) is 2. The van der Waals surface area contributed by atoms with E-state index in [-0.39, 0.29) is 60.3 Å². The van der Waals surface area contributed by atoms with Crippen molar-refractivity contribution in [3.63, 3.8) is 0 Å². The Morgan fingerprint density at radius 3 is 1.26 bits per heavy atom. The molecule has 7 heterocycles. The van der Waals surface area contributed by atoms with E-state index in [2.05, 4.69) is 35.8 Å². The van der Waals surface area contributed by atoms with E-state index >= 15 is 0 Å². The van der Waals surface area contributed by atoms with Crippen molar-refractivity contribution < 1.29 is 71.1 Å². The van der Waals surface area contributed by atoms with Crippen LogP contribution in [0.3, 0.4) is 0 Å². The summed E-state index contributed by atoms with van der Waals surface area (Å²) in [7, 11) is 0. The predicted octanol–water partition coefficient (Wildman–Crippen LogP) is 1.32. The maximum Gasteiger partial charge on any atom is 0.560 e. The minimum Gasteiger partial charge on any atom is -0.378 e. The van der Waals surface area contributed by atoms with Crippen molar-refractivity contribution in [2.45, 2.75) is 51.6 Å². The topological polar surface area (TPSA) is 221 Å². The van der Waals surface area contributed by atoms with Crippen LogP contribution in [0.25, 0.3) is 0 Å². The van der Waals surface area contributed by atoms with Gasteiger partial charge < -0.3 is 34.3 Å².